The molecule has 8 aliphatic heterocycles. The number of hydrogen-bond donors (Lipinski definition) is 2. The molecule has 0 saturated carbocycles. The minimum Gasteiger partial charge on any atom is -0.389 e. The van der Waals surface area contributed by atoms with Crippen molar-refractivity contribution in [2.24, 2.45) is 57.2 Å². The molecular weight excluding hydrogens is 1760 g/mol. The molecule has 16 rings (SSSR count). The molecule has 8 saturated heterocycles. The van der Waals surface area contributed by atoms with E-state index < -0.39 is 11.2 Å². The molecule has 8 unspecified atom stereocenters. The molecule has 142 heavy (non-hydrogen) atoms. The molecule has 18 nitrogen and oxygen atoms in total. The fraction of sp³-hybridized carbons (Fsp3) is 0.548. The summed E-state index contributed by atoms with van der Waals surface area (Å²) in [7, 11) is 0. The van der Waals surface area contributed by atoms with Gasteiger partial charge in [0.15, 0.2) is 0 Å². The van der Waals surface area contributed by atoms with E-state index in [-0.39, 0.29) is 93.1 Å². The second-order valence-electron chi connectivity index (χ2n) is 47.3. The molecule has 2 N–H and O–H groups in total. The standard InChI is InChI=1S/2C31H42N2O3.2C31H42N2O2/c2*1-23(34)32-18-15-24(16-19-32)21-28(35)33-20-17-31(36,22-27(33)30(2,3)4)29(25-11-7-5-8-12-25)26-13-9-6-10-14-26;2*1-23(34)32-18-15-24(16-19-32)21-29(35)33-20-17-27(22-28(33)31(2,3)4)30(25-11-7-5-8-12-25)26-13-9-6-10-14-26/h2*5-14,24,27,29,36H,15-22H2,1-4H3;2*5-14,24,27-28,30H,15-22H2,1-4H3. The summed E-state index contributed by atoms with van der Waals surface area (Å²) < 4.78 is 0. The van der Waals surface area contributed by atoms with E-state index in [0.29, 0.717) is 124 Å². The van der Waals surface area contributed by atoms with Crippen LogP contribution in [0.3, 0.4) is 0 Å². The van der Waals surface area contributed by atoms with Crippen LogP contribution in [0.5, 0.6) is 0 Å². The first-order valence-electron chi connectivity index (χ1n) is 53.7. The lowest BCUT2D eigenvalue weighted by Gasteiger charge is -2.52. The Morgan fingerprint density at radius 2 is 0.444 bits per heavy atom. The highest BCUT2D eigenvalue weighted by Crippen LogP contribution is 2.52. The molecule has 8 aromatic rings. The first kappa shape index (κ1) is 109. The number of piperidine rings is 8. The van der Waals surface area contributed by atoms with Crippen molar-refractivity contribution in [2.45, 2.75) is 298 Å². The maximum Gasteiger partial charge on any atom is 0.223 e. The smallest absolute Gasteiger partial charge is 0.223 e. The van der Waals surface area contributed by atoms with Gasteiger partial charge in [0.2, 0.25) is 47.3 Å². The van der Waals surface area contributed by atoms with Gasteiger partial charge in [-0.05, 0) is 204 Å². The molecule has 8 amide bonds. The first-order chi connectivity index (χ1) is 67.6. The molecule has 8 heterocycles. The highest BCUT2D eigenvalue weighted by Gasteiger charge is 2.53. The average Bonchev–Trinajstić information content (AvgIpc) is 0.743. The number of nitrogens with zero attached hydrogens (tertiary/aromatic N) is 8. The van der Waals surface area contributed by atoms with Crippen LogP contribution in [0.25, 0.3) is 0 Å². The third kappa shape index (κ3) is 28.6. The van der Waals surface area contributed by atoms with Crippen LogP contribution in [-0.4, -0.2) is 211 Å². The van der Waals surface area contributed by atoms with Crippen LogP contribution in [-0.2, 0) is 38.4 Å². The zero-order valence-corrected chi connectivity index (χ0v) is 88.5. The van der Waals surface area contributed by atoms with Crippen molar-refractivity contribution in [1.29, 1.82) is 0 Å². The van der Waals surface area contributed by atoms with Crippen molar-refractivity contribution in [2.75, 3.05) is 78.5 Å². The van der Waals surface area contributed by atoms with Gasteiger partial charge in [0.25, 0.3) is 0 Å². The van der Waals surface area contributed by atoms with E-state index >= 15 is 0 Å². The number of carbonyl (C=O) groups excluding carboxylic acids is 8. The van der Waals surface area contributed by atoms with Crippen molar-refractivity contribution in [3.05, 3.63) is 287 Å². The lowest BCUT2D eigenvalue weighted by atomic mass is 9.66. The zero-order valence-electron chi connectivity index (χ0n) is 88.5. The number of hydrogen-bond acceptors (Lipinski definition) is 10. The van der Waals surface area contributed by atoms with E-state index in [1.807, 2.05) is 92.4 Å². The minimum absolute atomic E-state index is 0.0181. The van der Waals surface area contributed by atoms with E-state index in [4.69, 9.17) is 0 Å². The maximum atomic E-state index is 13.6. The number of benzene rings is 8. The van der Waals surface area contributed by atoms with Gasteiger partial charge in [-0.3, -0.25) is 38.4 Å². The predicted octanol–water partition coefficient (Wildman–Crippen LogP) is 22.7. The number of carbonyl (C=O) groups is 8. The van der Waals surface area contributed by atoms with Crippen LogP contribution in [0, 0.1) is 57.2 Å². The fourth-order valence-corrected chi connectivity index (χ4v) is 25.1. The third-order valence-corrected chi connectivity index (χ3v) is 33.3. The molecule has 0 bridgehead atoms. The summed E-state index contributed by atoms with van der Waals surface area (Å²) in [6, 6.07) is 85.0. The van der Waals surface area contributed by atoms with Crippen LogP contribution in [0.4, 0.5) is 0 Å². The number of likely N-dealkylation sites (tertiary alicyclic amines) is 8. The molecule has 0 aliphatic carbocycles. The first-order valence-corrected chi connectivity index (χ1v) is 53.7. The van der Waals surface area contributed by atoms with Gasteiger partial charge in [0.1, 0.15) is 0 Å². The summed E-state index contributed by atoms with van der Waals surface area (Å²) >= 11 is 0. The van der Waals surface area contributed by atoms with Crippen LogP contribution < -0.4 is 0 Å². The van der Waals surface area contributed by atoms with Gasteiger partial charge in [-0.2, -0.15) is 0 Å². The summed E-state index contributed by atoms with van der Waals surface area (Å²) in [6.07, 6.45) is 15.8. The van der Waals surface area contributed by atoms with E-state index in [2.05, 4.69) is 273 Å². The SMILES string of the molecule is CC(=O)N1CCC(CC(=O)N2CCC(C(c3ccccc3)c3ccccc3)CC2C(C)(C)C)CC1.CC(=O)N1CCC(CC(=O)N2CCC(C(c3ccccc3)c3ccccc3)CC2C(C)(C)C)CC1.CC(=O)N1CCC(CC(=O)N2CCC(O)(C(c3ccccc3)c3ccccc3)CC2C(C)(C)C)CC1.CC(=O)N1CCC(CC(=O)N2CCC(O)(C(c3ccccc3)c3ccccc3)CC2C(C)(C)C)CC1. The minimum atomic E-state index is -0.954. The van der Waals surface area contributed by atoms with E-state index in [9.17, 15) is 48.6 Å². The van der Waals surface area contributed by atoms with Gasteiger partial charge in [0.05, 0.1) is 11.2 Å². The van der Waals surface area contributed by atoms with Crippen molar-refractivity contribution in [3.8, 4) is 0 Å². The molecule has 0 radical (unpaired) electrons. The zero-order chi connectivity index (χ0) is 102. The predicted molar refractivity (Wildman–Crippen MR) is 571 cm³/mol. The number of rotatable bonds is 20. The summed E-state index contributed by atoms with van der Waals surface area (Å²) in [5.74, 6) is 4.29. The second-order valence-corrected chi connectivity index (χ2v) is 47.3. The Balaban J connectivity index is 0.000000159. The highest BCUT2D eigenvalue weighted by atomic mass is 16.3. The lowest BCUT2D eigenvalue weighted by Crippen LogP contribution is -2.59. The third-order valence-electron chi connectivity index (χ3n) is 33.3. The average molecular weight is 1930 g/mol. The van der Waals surface area contributed by atoms with E-state index in [0.717, 1.165) is 165 Å². The molecule has 8 fully saturated rings. The topological polar surface area (TPSA) is 203 Å². The molecule has 8 aliphatic rings. The lowest BCUT2D eigenvalue weighted by molar-refractivity contribution is -0.149. The van der Waals surface area contributed by atoms with E-state index in [1.165, 1.54) is 22.3 Å². The molecule has 0 spiro atoms. The van der Waals surface area contributed by atoms with Gasteiger partial charge in [-0.25, -0.2) is 0 Å². The van der Waals surface area contributed by atoms with E-state index in [1.54, 1.807) is 27.7 Å². The summed E-state index contributed by atoms with van der Waals surface area (Å²) in [4.78, 5) is 117. The van der Waals surface area contributed by atoms with Crippen molar-refractivity contribution >= 4 is 47.3 Å². The molecule has 764 valence electrons. The quantitative estimate of drug-likeness (QED) is 0.0739. The van der Waals surface area contributed by atoms with Crippen LogP contribution in [0.1, 0.15) is 307 Å². The van der Waals surface area contributed by atoms with Gasteiger partial charge in [-0.15, -0.1) is 0 Å². The van der Waals surface area contributed by atoms with Gasteiger partial charge < -0.3 is 49.4 Å². The highest BCUT2D eigenvalue weighted by molar-refractivity contribution is 5.80. The summed E-state index contributed by atoms with van der Waals surface area (Å²) in [6.45, 7) is 42.1. The Bertz CT molecular complexity index is 4840. The molecule has 8 aromatic carbocycles. The molecular formula is C124H168N8O10. The van der Waals surface area contributed by atoms with Crippen LogP contribution in [0.2, 0.25) is 0 Å². The molecule has 0 aromatic heterocycles. The fourth-order valence-electron chi connectivity index (χ4n) is 25.1. The number of amides is 8. The maximum absolute atomic E-state index is 13.6. The Hall–Kier alpha value is -10.6. The monoisotopic (exact) mass is 1930 g/mol. The van der Waals surface area contributed by atoms with Crippen molar-refractivity contribution in [1.82, 2.24) is 39.2 Å². The Labute approximate surface area is 850 Å². The Morgan fingerprint density at radius 1 is 0.261 bits per heavy atom. The van der Waals surface area contributed by atoms with Gasteiger partial charge in [0, 0.05) is 180 Å². The normalized spacial score (nSPS) is 22.8. The van der Waals surface area contributed by atoms with Crippen LogP contribution in [0.15, 0.2) is 243 Å². The van der Waals surface area contributed by atoms with Crippen molar-refractivity contribution < 1.29 is 48.6 Å². The molecule has 18 heteroatoms. The second kappa shape index (κ2) is 48.9. The summed E-state index contributed by atoms with van der Waals surface area (Å²) in [5.41, 5.74) is 7.70. The van der Waals surface area contributed by atoms with Gasteiger partial charge in [-0.1, -0.05) is 326 Å². The Kier molecular flexibility index (Phi) is 37.4. The number of aliphatic hydroxyl groups is 2. The van der Waals surface area contributed by atoms with Crippen molar-refractivity contribution in [3.63, 3.8) is 0 Å². The largest absolute Gasteiger partial charge is 0.389 e. The summed E-state index contributed by atoms with van der Waals surface area (Å²) in [5, 5.41) is 24.6. The Morgan fingerprint density at radius 3 is 0.627 bits per heavy atom. The van der Waals surface area contributed by atoms with Gasteiger partial charge >= 0.3 is 0 Å². The van der Waals surface area contributed by atoms with Crippen LogP contribution >= 0.6 is 0 Å². The molecule has 8 atom stereocenters.